The van der Waals surface area contributed by atoms with Crippen molar-refractivity contribution < 1.29 is 27.8 Å². The van der Waals surface area contributed by atoms with Crippen LogP contribution in [0.1, 0.15) is 13.8 Å². The van der Waals surface area contributed by atoms with Gasteiger partial charge in [-0.2, -0.15) is 8.78 Å². The van der Waals surface area contributed by atoms with Crippen LogP contribution >= 0.6 is 11.8 Å². The summed E-state index contributed by atoms with van der Waals surface area (Å²) in [6, 6.07) is 15.1. The molecule has 0 saturated heterocycles. The number of carbonyl (C=O) groups is 2. The highest BCUT2D eigenvalue weighted by Crippen LogP contribution is 2.26. The molecular weight excluding hydrogens is 376 g/mol. The lowest BCUT2D eigenvalue weighted by Gasteiger charge is -2.17. The molecule has 0 fully saturated rings. The number of anilines is 1. The van der Waals surface area contributed by atoms with Crippen molar-refractivity contribution >= 4 is 29.3 Å². The van der Waals surface area contributed by atoms with Crippen LogP contribution in [-0.4, -0.2) is 29.8 Å². The topological polar surface area (TPSA) is 64.6 Å². The van der Waals surface area contributed by atoms with E-state index in [1.807, 2.05) is 30.3 Å². The van der Waals surface area contributed by atoms with Gasteiger partial charge in [-0.1, -0.05) is 30.3 Å². The highest BCUT2D eigenvalue weighted by atomic mass is 32.2. The molecule has 0 heterocycles. The molecule has 8 heteroatoms. The van der Waals surface area contributed by atoms with Crippen molar-refractivity contribution in [2.45, 2.75) is 36.7 Å². The second-order valence-electron chi connectivity index (χ2n) is 5.52. The van der Waals surface area contributed by atoms with Crippen LogP contribution in [0, 0.1) is 0 Å². The minimum absolute atomic E-state index is 0.0670. The molecule has 2 rings (SSSR count). The highest BCUT2D eigenvalue weighted by molar-refractivity contribution is 8.00. The van der Waals surface area contributed by atoms with Gasteiger partial charge in [0.15, 0.2) is 6.10 Å². The number of halogens is 2. The fourth-order valence-electron chi connectivity index (χ4n) is 2.08. The smallest absolute Gasteiger partial charge is 0.387 e. The summed E-state index contributed by atoms with van der Waals surface area (Å²) >= 11 is 1.31. The predicted molar refractivity (Wildman–Crippen MR) is 99.0 cm³/mol. The van der Waals surface area contributed by atoms with E-state index in [2.05, 4.69) is 10.1 Å². The number of hydrogen-bond acceptors (Lipinski definition) is 5. The predicted octanol–water partition coefficient (Wildman–Crippen LogP) is 4.34. The summed E-state index contributed by atoms with van der Waals surface area (Å²) in [5, 5.41) is 1.91. The zero-order valence-corrected chi connectivity index (χ0v) is 15.5. The highest BCUT2D eigenvalue weighted by Gasteiger charge is 2.23. The molecule has 2 aromatic carbocycles. The molecule has 0 unspecified atom stereocenters. The van der Waals surface area contributed by atoms with E-state index < -0.39 is 29.8 Å². The van der Waals surface area contributed by atoms with Crippen LogP contribution in [-0.2, 0) is 14.3 Å². The molecule has 5 nitrogen and oxygen atoms in total. The lowest BCUT2D eigenvalue weighted by Crippen LogP contribution is -2.32. The zero-order valence-electron chi connectivity index (χ0n) is 14.7. The summed E-state index contributed by atoms with van der Waals surface area (Å²) in [5.41, 5.74) is 0.0670. The van der Waals surface area contributed by atoms with Gasteiger partial charge < -0.3 is 14.8 Å². The number of ether oxygens (including phenoxy) is 2. The minimum atomic E-state index is -3.02. The third-order valence-electron chi connectivity index (χ3n) is 3.41. The van der Waals surface area contributed by atoms with E-state index in [9.17, 15) is 18.4 Å². The number of benzene rings is 2. The monoisotopic (exact) mass is 395 g/mol. The SMILES string of the molecule is C[C@@H](OC(=O)[C@@H](C)Sc1ccccc1)C(=O)Nc1ccccc1OC(F)F. The Labute approximate surface area is 160 Å². The first-order chi connectivity index (χ1) is 12.9. The number of alkyl halides is 2. The molecular formula is C19H19F2NO4S. The van der Waals surface area contributed by atoms with E-state index in [1.165, 1.54) is 36.9 Å². The Balaban J connectivity index is 1.92. The molecule has 0 radical (unpaired) electrons. The van der Waals surface area contributed by atoms with Gasteiger partial charge in [0.2, 0.25) is 0 Å². The van der Waals surface area contributed by atoms with E-state index >= 15 is 0 Å². The summed E-state index contributed by atoms with van der Waals surface area (Å²) in [6.45, 7) is 0.0642. The number of carbonyl (C=O) groups excluding carboxylic acids is 2. The van der Waals surface area contributed by atoms with E-state index in [4.69, 9.17) is 4.74 Å². The first-order valence-corrected chi connectivity index (χ1v) is 9.01. The van der Waals surface area contributed by atoms with Crippen molar-refractivity contribution in [3.63, 3.8) is 0 Å². The van der Waals surface area contributed by atoms with Gasteiger partial charge in [0.25, 0.3) is 5.91 Å². The lowest BCUT2D eigenvalue weighted by molar-refractivity contribution is -0.152. The van der Waals surface area contributed by atoms with Crippen molar-refractivity contribution in [1.82, 2.24) is 0 Å². The van der Waals surface area contributed by atoms with Gasteiger partial charge in [-0.25, -0.2) is 0 Å². The number of amides is 1. The Hall–Kier alpha value is -2.61. The second kappa shape index (κ2) is 9.91. The number of hydrogen-bond donors (Lipinski definition) is 1. The standard InChI is InChI=1S/C19H19F2NO4S/c1-12(25-18(24)13(2)27-14-8-4-3-5-9-14)17(23)22-15-10-6-7-11-16(15)26-19(20)21/h3-13,19H,1-2H3,(H,22,23)/t12-,13-/m1/s1. The third kappa shape index (κ3) is 6.56. The summed E-state index contributed by atoms with van der Waals surface area (Å²) in [4.78, 5) is 25.3. The van der Waals surface area contributed by atoms with Crippen LogP contribution in [0.5, 0.6) is 5.75 Å². The second-order valence-corrected chi connectivity index (χ2v) is 6.93. The van der Waals surface area contributed by atoms with Crippen molar-refractivity contribution in [1.29, 1.82) is 0 Å². The van der Waals surface area contributed by atoms with E-state index in [0.717, 1.165) is 4.90 Å². The maximum atomic E-state index is 12.4. The first kappa shape index (κ1) is 20.7. The van der Waals surface area contributed by atoms with Crippen LogP contribution in [0.2, 0.25) is 0 Å². The van der Waals surface area contributed by atoms with Crippen LogP contribution < -0.4 is 10.1 Å². The maximum Gasteiger partial charge on any atom is 0.387 e. The molecule has 1 N–H and O–H groups in total. The first-order valence-electron chi connectivity index (χ1n) is 8.13. The number of rotatable bonds is 8. The fraction of sp³-hybridized carbons (Fsp3) is 0.263. The molecule has 27 heavy (non-hydrogen) atoms. The molecule has 0 aliphatic heterocycles. The van der Waals surface area contributed by atoms with Gasteiger partial charge in [0, 0.05) is 4.90 Å². The van der Waals surface area contributed by atoms with Crippen LogP contribution in [0.15, 0.2) is 59.5 Å². The van der Waals surface area contributed by atoms with Crippen LogP contribution in [0.25, 0.3) is 0 Å². The summed E-state index contributed by atoms with van der Waals surface area (Å²) in [6.07, 6.45) is -1.10. The Morgan fingerprint density at radius 2 is 1.63 bits per heavy atom. The molecule has 0 saturated carbocycles. The van der Waals surface area contributed by atoms with Gasteiger partial charge >= 0.3 is 12.6 Å². The Morgan fingerprint density at radius 3 is 2.30 bits per heavy atom. The Kier molecular flexibility index (Phi) is 7.60. The average Bonchev–Trinajstić information content (AvgIpc) is 2.63. The van der Waals surface area contributed by atoms with E-state index in [-0.39, 0.29) is 11.4 Å². The Bertz CT molecular complexity index is 773. The quantitative estimate of drug-likeness (QED) is 0.532. The molecule has 0 aliphatic carbocycles. The average molecular weight is 395 g/mol. The van der Waals surface area contributed by atoms with E-state index in [1.54, 1.807) is 13.0 Å². The summed E-state index contributed by atoms with van der Waals surface area (Å²) in [7, 11) is 0. The van der Waals surface area contributed by atoms with E-state index in [0.29, 0.717) is 0 Å². The molecule has 0 spiro atoms. The normalized spacial score (nSPS) is 12.9. The van der Waals surface area contributed by atoms with Gasteiger partial charge in [0.05, 0.1) is 5.69 Å². The van der Waals surface area contributed by atoms with Crippen LogP contribution in [0.3, 0.4) is 0 Å². The molecule has 0 aromatic heterocycles. The summed E-state index contributed by atoms with van der Waals surface area (Å²) in [5.74, 6) is -1.37. The molecule has 144 valence electrons. The lowest BCUT2D eigenvalue weighted by atomic mass is 10.2. The van der Waals surface area contributed by atoms with Gasteiger partial charge in [0.1, 0.15) is 11.0 Å². The van der Waals surface area contributed by atoms with Gasteiger partial charge in [-0.3, -0.25) is 9.59 Å². The van der Waals surface area contributed by atoms with Crippen molar-refractivity contribution in [2.75, 3.05) is 5.32 Å². The van der Waals surface area contributed by atoms with Crippen molar-refractivity contribution in [2.24, 2.45) is 0 Å². The van der Waals surface area contributed by atoms with Crippen molar-refractivity contribution in [3.05, 3.63) is 54.6 Å². The summed E-state index contributed by atoms with van der Waals surface area (Å²) < 4.78 is 34.4. The molecule has 2 aromatic rings. The number of para-hydroxylation sites is 2. The minimum Gasteiger partial charge on any atom is -0.452 e. The van der Waals surface area contributed by atoms with Gasteiger partial charge in [-0.15, -0.1) is 11.8 Å². The van der Waals surface area contributed by atoms with Gasteiger partial charge in [-0.05, 0) is 38.1 Å². The third-order valence-corrected chi connectivity index (χ3v) is 4.50. The molecule has 1 amide bonds. The number of nitrogens with one attached hydrogen (secondary N) is 1. The maximum absolute atomic E-state index is 12.4. The van der Waals surface area contributed by atoms with Crippen LogP contribution in [0.4, 0.5) is 14.5 Å². The molecule has 0 bridgehead atoms. The number of thioether (sulfide) groups is 1. The number of esters is 1. The van der Waals surface area contributed by atoms with Crippen molar-refractivity contribution in [3.8, 4) is 5.75 Å². The largest absolute Gasteiger partial charge is 0.452 e. The fourth-order valence-corrected chi connectivity index (χ4v) is 2.95. The zero-order chi connectivity index (χ0) is 19.8. The molecule has 0 aliphatic rings. The molecule has 2 atom stereocenters. The Morgan fingerprint density at radius 1 is 1.00 bits per heavy atom.